The highest BCUT2D eigenvalue weighted by Crippen LogP contribution is 2.32. The van der Waals surface area contributed by atoms with Crippen molar-refractivity contribution in [3.05, 3.63) is 95.6 Å². The van der Waals surface area contributed by atoms with Gasteiger partial charge in [0.05, 0.1) is 7.11 Å². The molecular formula is C28H31N3O4. The van der Waals surface area contributed by atoms with E-state index >= 15 is 0 Å². The Balaban J connectivity index is 1.50. The van der Waals surface area contributed by atoms with Gasteiger partial charge in [0.1, 0.15) is 17.4 Å². The van der Waals surface area contributed by atoms with E-state index in [0.29, 0.717) is 18.0 Å². The molecule has 7 nitrogen and oxygen atoms in total. The summed E-state index contributed by atoms with van der Waals surface area (Å²) in [5, 5.41) is 5.67. The van der Waals surface area contributed by atoms with Gasteiger partial charge in [-0.15, -0.1) is 0 Å². The third-order valence-electron chi connectivity index (χ3n) is 6.00. The van der Waals surface area contributed by atoms with Gasteiger partial charge in [-0.2, -0.15) is 0 Å². The van der Waals surface area contributed by atoms with Crippen LogP contribution in [0.15, 0.2) is 78.9 Å². The highest BCUT2D eigenvalue weighted by molar-refractivity contribution is 5.96. The number of carbonyl (C=O) groups excluding carboxylic acids is 2. The molecule has 182 valence electrons. The van der Waals surface area contributed by atoms with Crippen molar-refractivity contribution in [3.63, 3.8) is 0 Å². The van der Waals surface area contributed by atoms with Crippen LogP contribution >= 0.6 is 0 Å². The number of methoxy groups -OCH3 is 1. The molecule has 0 aliphatic carbocycles. The molecule has 0 unspecified atom stereocenters. The molecule has 35 heavy (non-hydrogen) atoms. The largest absolute Gasteiger partial charge is 0.480 e. The fourth-order valence-corrected chi connectivity index (χ4v) is 4.20. The second kappa shape index (κ2) is 12.0. The minimum absolute atomic E-state index is 0.235. The maximum absolute atomic E-state index is 12.6. The molecule has 0 spiro atoms. The van der Waals surface area contributed by atoms with Crippen LogP contribution in [0.1, 0.15) is 40.4 Å². The normalized spacial score (nSPS) is 13.4. The van der Waals surface area contributed by atoms with Gasteiger partial charge in [-0.3, -0.25) is 0 Å². The first-order valence-electron chi connectivity index (χ1n) is 11.9. The molecule has 1 saturated heterocycles. The summed E-state index contributed by atoms with van der Waals surface area (Å²) < 4.78 is 11.4. The van der Waals surface area contributed by atoms with Crippen molar-refractivity contribution in [2.75, 3.05) is 38.6 Å². The Morgan fingerprint density at radius 2 is 1.54 bits per heavy atom. The van der Waals surface area contributed by atoms with Crippen LogP contribution in [0.2, 0.25) is 0 Å². The molecule has 2 N–H and O–H groups in total. The van der Waals surface area contributed by atoms with Crippen molar-refractivity contribution in [1.82, 2.24) is 10.2 Å². The van der Waals surface area contributed by atoms with Crippen molar-refractivity contribution in [1.29, 1.82) is 0 Å². The molecule has 7 heteroatoms. The summed E-state index contributed by atoms with van der Waals surface area (Å²) in [7, 11) is 1.32. The van der Waals surface area contributed by atoms with E-state index in [2.05, 4.69) is 15.5 Å². The van der Waals surface area contributed by atoms with Crippen LogP contribution in [0, 0.1) is 0 Å². The van der Waals surface area contributed by atoms with Gasteiger partial charge in [0.15, 0.2) is 0 Å². The zero-order valence-electron chi connectivity index (χ0n) is 19.9. The smallest absolute Gasteiger partial charge is 0.341 e. The zero-order chi connectivity index (χ0) is 24.5. The summed E-state index contributed by atoms with van der Waals surface area (Å²) in [6, 6.07) is 24.3. The number of nitrogens with zero attached hydrogens (tertiary/aromatic N) is 1. The molecule has 1 heterocycles. The molecule has 0 atom stereocenters. The maximum Gasteiger partial charge on any atom is 0.341 e. The summed E-state index contributed by atoms with van der Waals surface area (Å²) in [6.07, 6.45) is 2.01. The van der Waals surface area contributed by atoms with E-state index in [1.54, 1.807) is 18.2 Å². The predicted molar refractivity (Wildman–Crippen MR) is 136 cm³/mol. The first-order valence-corrected chi connectivity index (χ1v) is 11.9. The molecule has 4 rings (SSSR count). The number of ether oxygens (including phenoxy) is 2. The summed E-state index contributed by atoms with van der Waals surface area (Å²) in [5.41, 5.74) is 2.62. The molecule has 2 amide bonds. The van der Waals surface area contributed by atoms with Crippen molar-refractivity contribution in [3.8, 4) is 5.75 Å². The molecule has 0 aromatic heterocycles. The van der Waals surface area contributed by atoms with Crippen molar-refractivity contribution >= 4 is 17.7 Å². The van der Waals surface area contributed by atoms with Crippen LogP contribution in [-0.2, 0) is 4.74 Å². The first-order chi connectivity index (χ1) is 17.1. The number of likely N-dealkylation sites (tertiary alicyclic amines) is 1. The molecule has 3 aromatic carbocycles. The molecule has 1 aliphatic heterocycles. The lowest BCUT2D eigenvalue weighted by atomic mass is 10.0. The molecular weight excluding hydrogens is 442 g/mol. The number of benzene rings is 3. The first kappa shape index (κ1) is 24.3. The van der Waals surface area contributed by atoms with E-state index in [4.69, 9.17) is 9.47 Å². The van der Waals surface area contributed by atoms with Gasteiger partial charge < -0.3 is 25.0 Å². The number of carbonyl (C=O) groups is 2. The third kappa shape index (κ3) is 6.61. The van der Waals surface area contributed by atoms with Gasteiger partial charge in [0.25, 0.3) is 0 Å². The van der Waals surface area contributed by atoms with Crippen LogP contribution in [0.5, 0.6) is 5.75 Å². The molecule has 0 bridgehead atoms. The van der Waals surface area contributed by atoms with Crippen molar-refractivity contribution in [2.24, 2.45) is 0 Å². The fourth-order valence-electron chi connectivity index (χ4n) is 4.20. The van der Waals surface area contributed by atoms with Crippen LogP contribution in [0.3, 0.4) is 0 Å². The highest BCUT2D eigenvalue weighted by atomic mass is 16.5. The highest BCUT2D eigenvalue weighted by Gasteiger charge is 2.21. The van der Waals surface area contributed by atoms with Gasteiger partial charge in [0, 0.05) is 18.8 Å². The Hall–Kier alpha value is -3.84. The summed E-state index contributed by atoms with van der Waals surface area (Å²) in [4.78, 5) is 27.3. The number of urea groups is 1. The van der Waals surface area contributed by atoms with Crippen LogP contribution in [0.4, 0.5) is 10.5 Å². The molecule has 0 saturated carbocycles. The lowest BCUT2D eigenvalue weighted by molar-refractivity contribution is 0.0594. The standard InChI is InChI=1S/C28H31N3O4/c1-34-27(32)24-20-23(30-28(33)29-16-19-31-17-8-9-18-31)14-15-25(24)35-26(21-10-4-2-5-11-21)22-12-6-3-7-13-22/h2-7,10-15,20,26H,8-9,16-19H2,1H3,(H2,29,30,33). The predicted octanol–water partition coefficient (Wildman–Crippen LogP) is 4.86. The molecule has 0 radical (unpaired) electrons. The minimum atomic E-state index is -0.544. The number of hydrogen-bond acceptors (Lipinski definition) is 5. The maximum atomic E-state index is 12.6. The van der Waals surface area contributed by atoms with Gasteiger partial charge >= 0.3 is 12.0 Å². The summed E-state index contributed by atoms with van der Waals surface area (Å²) in [6.45, 7) is 3.56. The Morgan fingerprint density at radius 3 is 2.14 bits per heavy atom. The SMILES string of the molecule is COC(=O)c1cc(NC(=O)NCCN2CCCC2)ccc1OC(c1ccccc1)c1ccccc1. The monoisotopic (exact) mass is 473 g/mol. The number of nitrogens with one attached hydrogen (secondary N) is 2. The van der Waals surface area contributed by atoms with Gasteiger partial charge in [-0.05, 0) is 55.3 Å². The number of rotatable bonds is 9. The molecule has 3 aromatic rings. The average molecular weight is 474 g/mol. The Labute approximate surface area is 206 Å². The number of anilines is 1. The van der Waals surface area contributed by atoms with Crippen LogP contribution in [-0.4, -0.2) is 50.2 Å². The van der Waals surface area contributed by atoms with Crippen LogP contribution in [0.25, 0.3) is 0 Å². The topological polar surface area (TPSA) is 79.9 Å². The Kier molecular flexibility index (Phi) is 8.35. The quantitative estimate of drug-likeness (QED) is 0.434. The minimum Gasteiger partial charge on any atom is -0.480 e. The molecule has 1 aliphatic rings. The van der Waals surface area contributed by atoms with E-state index in [1.807, 2.05) is 60.7 Å². The van der Waals surface area contributed by atoms with E-state index in [9.17, 15) is 9.59 Å². The Morgan fingerprint density at radius 1 is 0.914 bits per heavy atom. The number of hydrogen-bond donors (Lipinski definition) is 2. The van der Waals surface area contributed by atoms with E-state index < -0.39 is 12.1 Å². The number of amides is 2. The third-order valence-corrected chi connectivity index (χ3v) is 6.00. The number of esters is 1. The zero-order valence-corrected chi connectivity index (χ0v) is 19.9. The van der Waals surface area contributed by atoms with Gasteiger partial charge in [-0.1, -0.05) is 60.7 Å². The van der Waals surface area contributed by atoms with Crippen molar-refractivity contribution < 1.29 is 19.1 Å². The second-order valence-corrected chi connectivity index (χ2v) is 8.45. The second-order valence-electron chi connectivity index (χ2n) is 8.45. The summed E-state index contributed by atoms with van der Waals surface area (Å²) >= 11 is 0. The van der Waals surface area contributed by atoms with E-state index in [-0.39, 0.29) is 11.6 Å². The average Bonchev–Trinajstić information content (AvgIpc) is 3.42. The lowest BCUT2D eigenvalue weighted by Crippen LogP contribution is -2.35. The van der Waals surface area contributed by atoms with Crippen molar-refractivity contribution in [2.45, 2.75) is 18.9 Å². The van der Waals surface area contributed by atoms with Gasteiger partial charge in [-0.25, -0.2) is 9.59 Å². The van der Waals surface area contributed by atoms with E-state index in [0.717, 1.165) is 30.8 Å². The Bertz CT molecular complexity index is 1080. The van der Waals surface area contributed by atoms with Crippen LogP contribution < -0.4 is 15.4 Å². The van der Waals surface area contributed by atoms with Gasteiger partial charge in [0.2, 0.25) is 0 Å². The molecule has 1 fully saturated rings. The lowest BCUT2D eigenvalue weighted by Gasteiger charge is -2.22. The fraction of sp³-hybridized carbons (Fsp3) is 0.286. The summed E-state index contributed by atoms with van der Waals surface area (Å²) in [5.74, 6) is -0.174. The van der Waals surface area contributed by atoms with E-state index in [1.165, 1.54) is 20.0 Å².